The third-order valence-electron chi connectivity index (χ3n) is 13.7. The molecule has 0 amide bonds. The fourth-order valence-electron chi connectivity index (χ4n) is 11.2. The number of hydrogen-bond acceptors (Lipinski definition) is 5. The van der Waals surface area contributed by atoms with Crippen LogP contribution in [-0.2, 0) is 14.3 Å². The standard InChI is InChI=1S/C35H50N2O3/c1-30(2)10-12-35(22-37-14-16-40-17-15-37)13-11-34(7)28(24(35)20-30)25(38)18-27-32(5)19-23(21-36)29(39)31(3,4)26(32)8-9-33(27,34)6/h18-19,24,26,28H,8-17,20,22H2,1-7H3/t24-,26-,28-,32-,33+,34+,35+/m0/s1. The van der Waals surface area contributed by atoms with Crippen molar-refractivity contribution < 1.29 is 14.3 Å². The van der Waals surface area contributed by atoms with E-state index in [1.807, 2.05) is 26.0 Å². The second kappa shape index (κ2) is 8.87. The minimum absolute atomic E-state index is 0.0217. The molecular weight excluding hydrogens is 496 g/mol. The maximum atomic E-state index is 14.7. The lowest BCUT2D eigenvalue weighted by Gasteiger charge is -2.69. The van der Waals surface area contributed by atoms with E-state index in [4.69, 9.17) is 4.74 Å². The van der Waals surface area contributed by atoms with E-state index < -0.39 is 10.8 Å². The third-order valence-corrected chi connectivity index (χ3v) is 13.7. The SMILES string of the molecule is CC1(C)CC[C@]2(CN3CCOCC3)CC[C@]3(C)[C@H](C(=O)C=C4[C@@]5(C)C=C(C#N)C(=O)C(C)(C)[C@@H]5CC[C@]43C)[C@@H]2C1. The molecule has 0 aromatic carbocycles. The van der Waals surface area contributed by atoms with Gasteiger partial charge in [-0.05, 0) is 84.5 Å². The molecule has 1 aliphatic heterocycles. The predicted octanol–water partition coefficient (Wildman–Crippen LogP) is 6.54. The van der Waals surface area contributed by atoms with Crippen molar-refractivity contribution in [3.63, 3.8) is 0 Å². The molecule has 5 heteroatoms. The Kier molecular flexibility index (Phi) is 6.29. The van der Waals surface area contributed by atoms with Crippen molar-refractivity contribution in [3.05, 3.63) is 23.3 Å². The molecule has 40 heavy (non-hydrogen) atoms. The van der Waals surface area contributed by atoms with Gasteiger partial charge in [-0.15, -0.1) is 0 Å². The molecule has 5 nitrogen and oxygen atoms in total. The van der Waals surface area contributed by atoms with E-state index in [1.165, 1.54) is 24.8 Å². The van der Waals surface area contributed by atoms with Gasteiger partial charge in [-0.2, -0.15) is 5.26 Å². The van der Waals surface area contributed by atoms with Gasteiger partial charge in [-0.1, -0.05) is 60.1 Å². The molecule has 0 aromatic heterocycles. The van der Waals surface area contributed by atoms with Crippen LogP contribution in [0.2, 0.25) is 0 Å². The molecule has 0 aromatic rings. The highest BCUT2D eigenvalue weighted by Crippen LogP contribution is 2.74. The molecule has 0 N–H and O–H groups in total. The molecule has 0 radical (unpaired) electrons. The van der Waals surface area contributed by atoms with E-state index in [1.54, 1.807) is 0 Å². The van der Waals surface area contributed by atoms with Gasteiger partial charge in [0.25, 0.3) is 0 Å². The van der Waals surface area contributed by atoms with Crippen LogP contribution in [0.15, 0.2) is 23.3 Å². The first kappa shape index (κ1) is 28.4. The van der Waals surface area contributed by atoms with E-state index in [0.29, 0.717) is 11.7 Å². The van der Waals surface area contributed by atoms with Crippen molar-refractivity contribution in [2.75, 3.05) is 32.8 Å². The second-order valence-corrected chi connectivity index (χ2v) is 16.5. The number of carbonyl (C=O) groups is 2. The molecule has 1 saturated heterocycles. The molecule has 3 saturated carbocycles. The lowest BCUT2D eigenvalue weighted by atomic mass is 9.34. The number of ether oxygens (including phenoxy) is 1. The largest absolute Gasteiger partial charge is 0.379 e. The number of rotatable bonds is 2. The van der Waals surface area contributed by atoms with Crippen LogP contribution in [0.1, 0.15) is 93.4 Å². The zero-order valence-electron chi connectivity index (χ0n) is 26.0. The Hall–Kier alpha value is -1.77. The third kappa shape index (κ3) is 3.70. The summed E-state index contributed by atoms with van der Waals surface area (Å²) in [7, 11) is 0. The summed E-state index contributed by atoms with van der Waals surface area (Å²) in [5.74, 6) is 0.762. The van der Waals surface area contributed by atoms with Crippen LogP contribution in [-0.4, -0.2) is 49.3 Å². The molecule has 5 aliphatic carbocycles. The van der Waals surface area contributed by atoms with Crippen molar-refractivity contribution >= 4 is 11.6 Å². The van der Waals surface area contributed by atoms with E-state index in [0.717, 1.165) is 58.5 Å². The summed E-state index contributed by atoms with van der Waals surface area (Å²) in [6, 6.07) is 2.23. The van der Waals surface area contributed by atoms with Crippen LogP contribution in [0.4, 0.5) is 0 Å². The predicted molar refractivity (Wildman–Crippen MR) is 156 cm³/mol. The smallest absolute Gasteiger partial charge is 0.178 e. The van der Waals surface area contributed by atoms with Crippen molar-refractivity contribution in [2.24, 2.45) is 50.2 Å². The summed E-state index contributed by atoms with van der Waals surface area (Å²) in [6.07, 6.45) is 11.7. The van der Waals surface area contributed by atoms with Gasteiger partial charge in [-0.25, -0.2) is 0 Å². The average Bonchev–Trinajstić information content (AvgIpc) is 2.89. The normalized spacial score (nSPS) is 46.1. The highest BCUT2D eigenvalue weighted by atomic mass is 16.5. The fraction of sp³-hybridized carbons (Fsp3) is 0.800. The molecule has 6 rings (SSSR count). The van der Waals surface area contributed by atoms with E-state index in [9.17, 15) is 14.9 Å². The van der Waals surface area contributed by atoms with E-state index in [-0.39, 0.29) is 44.9 Å². The summed E-state index contributed by atoms with van der Waals surface area (Å²) in [5.41, 5.74) is 0.531. The molecule has 0 spiro atoms. The van der Waals surface area contributed by atoms with Crippen molar-refractivity contribution in [1.82, 2.24) is 4.90 Å². The number of nitriles is 1. The molecule has 218 valence electrons. The second-order valence-electron chi connectivity index (χ2n) is 16.5. The Bertz CT molecular complexity index is 1230. The van der Waals surface area contributed by atoms with Crippen molar-refractivity contribution in [2.45, 2.75) is 93.4 Å². The van der Waals surface area contributed by atoms with E-state index >= 15 is 0 Å². The minimum Gasteiger partial charge on any atom is -0.379 e. The number of ketones is 2. The number of morpholine rings is 1. The minimum atomic E-state index is -0.620. The molecule has 4 fully saturated rings. The van der Waals surface area contributed by atoms with Gasteiger partial charge in [0.2, 0.25) is 0 Å². The first-order valence-electron chi connectivity index (χ1n) is 15.9. The topological polar surface area (TPSA) is 70.4 Å². The highest BCUT2D eigenvalue weighted by molar-refractivity contribution is 6.04. The molecular formula is C35H50N2O3. The Morgan fingerprint density at radius 3 is 2.33 bits per heavy atom. The zero-order valence-corrected chi connectivity index (χ0v) is 26.0. The highest BCUT2D eigenvalue weighted by Gasteiger charge is 2.69. The first-order chi connectivity index (χ1) is 18.6. The monoisotopic (exact) mass is 546 g/mol. The van der Waals surface area contributed by atoms with Gasteiger partial charge in [0, 0.05) is 36.4 Å². The number of Topliss-reactive ketones (excluding diaryl/α,β-unsaturated/α-hetero) is 1. The van der Waals surface area contributed by atoms with Gasteiger partial charge in [0.05, 0.1) is 18.8 Å². The molecule has 7 atom stereocenters. The van der Waals surface area contributed by atoms with Crippen molar-refractivity contribution in [1.29, 1.82) is 5.26 Å². The van der Waals surface area contributed by atoms with Crippen LogP contribution in [0.3, 0.4) is 0 Å². The first-order valence-corrected chi connectivity index (χ1v) is 15.9. The van der Waals surface area contributed by atoms with Gasteiger partial charge in [-0.3, -0.25) is 14.5 Å². The summed E-state index contributed by atoms with van der Waals surface area (Å²) in [6.45, 7) is 20.7. The van der Waals surface area contributed by atoms with Crippen molar-refractivity contribution in [3.8, 4) is 6.07 Å². The molecule has 0 bridgehead atoms. The Balaban J connectivity index is 1.47. The van der Waals surface area contributed by atoms with Gasteiger partial charge in [0.15, 0.2) is 11.6 Å². The maximum absolute atomic E-state index is 14.7. The van der Waals surface area contributed by atoms with Crippen LogP contribution in [0, 0.1) is 61.6 Å². The number of nitrogens with zero attached hydrogens (tertiary/aromatic N) is 2. The molecule has 0 unspecified atom stereocenters. The maximum Gasteiger partial charge on any atom is 0.178 e. The van der Waals surface area contributed by atoms with Gasteiger partial charge in [0.1, 0.15) is 6.07 Å². The van der Waals surface area contributed by atoms with E-state index in [2.05, 4.69) is 45.6 Å². The quantitative estimate of drug-likeness (QED) is 0.393. The molecule has 1 heterocycles. The Morgan fingerprint density at radius 1 is 0.975 bits per heavy atom. The number of carbonyl (C=O) groups excluding carboxylic acids is 2. The Morgan fingerprint density at radius 2 is 1.65 bits per heavy atom. The number of fused-ring (bicyclic) bond motifs is 7. The Labute approximate surface area is 241 Å². The summed E-state index contributed by atoms with van der Waals surface area (Å²) in [5, 5.41) is 9.95. The summed E-state index contributed by atoms with van der Waals surface area (Å²) in [4.78, 5) is 30.6. The number of hydrogen-bond donors (Lipinski definition) is 0. The number of allylic oxidation sites excluding steroid dienone is 4. The fourth-order valence-corrected chi connectivity index (χ4v) is 11.2. The zero-order chi connectivity index (χ0) is 28.9. The lowest BCUT2D eigenvalue weighted by molar-refractivity contribution is -0.176. The summed E-state index contributed by atoms with van der Waals surface area (Å²) >= 11 is 0. The van der Waals surface area contributed by atoms with Crippen LogP contribution in [0.5, 0.6) is 0 Å². The van der Waals surface area contributed by atoms with Gasteiger partial charge < -0.3 is 4.74 Å². The van der Waals surface area contributed by atoms with Crippen LogP contribution >= 0.6 is 0 Å². The summed E-state index contributed by atoms with van der Waals surface area (Å²) < 4.78 is 5.69. The van der Waals surface area contributed by atoms with Crippen LogP contribution < -0.4 is 0 Å². The lowest BCUT2D eigenvalue weighted by Crippen LogP contribution is -2.66. The van der Waals surface area contributed by atoms with Gasteiger partial charge >= 0.3 is 0 Å². The van der Waals surface area contributed by atoms with Crippen LogP contribution in [0.25, 0.3) is 0 Å². The average molecular weight is 547 g/mol. The molecule has 6 aliphatic rings.